The Hall–Kier alpha value is -1.33. The molecular formula is C13H18ClFN2O2. The zero-order valence-corrected chi connectivity index (χ0v) is 11.3. The summed E-state index contributed by atoms with van der Waals surface area (Å²) in [6.07, 6.45) is -1.03. The molecule has 106 valence electrons. The van der Waals surface area contributed by atoms with Gasteiger partial charge in [0.05, 0.1) is 6.04 Å². The number of halogens is 2. The summed E-state index contributed by atoms with van der Waals surface area (Å²) in [7, 11) is 0. The Balaban J connectivity index is 0.00000180. The molecule has 4 nitrogen and oxygen atoms in total. The topological polar surface area (TPSA) is 50.4 Å². The lowest BCUT2D eigenvalue weighted by Gasteiger charge is -2.27. The molecule has 1 fully saturated rings. The quantitative estimate of drug-likeness (QED) is 0.895. The van der Waals surface area contributed by atoms with E-state index in [-0.39, 0.29) is 25.6 Å². The maximum Gasteiger partial charge on any atom is 0.407 e. The smallest absolute Gasteiger partial charge is 0.407 e. The highest BCUT2D eigenvalue weighted by Crippen LogP contribution is 2.08. The van der Waals surface area contributed by atoms with Crippen molar-refractivity contribution in [2.75, 3.05) is 13.1 Å². The number of alkyl halides is 1. The fourth-order valence-electron chi connectivity index (χ4n) is 1.90. The first-order valence-corrected chi connectivity index (χ1v) is 6.07. The van der Waals surface area contributed by atoms with Crippen molar-refractivity contribution in [3.05, 3.63) is 35.9 Å². The van der Waals surface area contributed by atoms with Crippen LogP contribution in [0.5, 0.6) is 0 Å². The summed E-state index contributed by atoms with van der Waals surface area (Å²) in [5, 5.41) is 5.49. The second-order valence-corrected chi connectivity index (χ2v) is 4.32. The molecule has 2 rings (SSSR count). The number of carbonyl (C=O) groups excluding carboxylic acids is 1. The first-order valence-electron chi connectivity index (χ1n) is 6.07. The third-order valence-corrected chi connectivity index (χ3v) is 2.92. The minimum absolute atomic E-state index is 0. The van der Waals surface area contributed by atoms with E-state index in [1.54, 1.807) is 0 Å². The van der Waals surface area contributed by atoms with Gasteiger partial charge in [0.25, 0.3) is 0 Å². The second kappa shape index (κ2) is 7.96. The molecule has 1 amide bonds. The number of nitrogens with one attached hydrogen (secondary N) is 2. The molecular weight excluding hydrogens is 271 g/mol. The molecule has 0 radical (unpaired) electrons. The van der Waals surface area contributed by atoms with Crippen LogP contribution in [0.1, 0.15) is 12.0 Å². The molecule has 1 aromatic rings. The molecule has 19 heavy (non-hydrogen) atoms. The van der Waals surface area contributed by atoms with Crippen LogP contribution in [0.3, 0.4) is 0 Å². The van der Waals surface area contributed by atoms with E-state index in [4.69, 9.17) is 4.74 Å². The van der Waals surface area contributed by atoms with E-state index < -0.39 is 18.3 Å². The van der Waals surface area contributed by atoms with Crippen LogP contribution in [0.25, 0.3) is 0 Å². The van der Waals surface area contributed by atoms with Crippen LogP contribution in [-0.2, 0) is 11.3 Å². The summed E-state index contributed by atoms with van der Waals surface area (Å²) in [5.74, 6) is 0. The lowest BCUT2D eigenvalue weighted by atomic mass is 10.1. The predicted molar refractivity (Wildman–Crippen MR) is 73.2 cm³/mol. The molecule has 0 saturated carbocycles. The van der Waals surface area contributed by atoms with Crippen molar-refractivity contribution in [3.8, 4) is 0 Å². The minimum atomic E-state index is -1.05. The molecule has 0 aliphatic carbocycles. The molecule has 2 atom stereocenters. The molecule has 0 aromatic heterocycles. The highest BCUT2D eigenvalue weighted by atomic mass is 35.5. The number of piperidine rings is 1. The highest BCUT2D eigenvalue weighted by Gasteiger charge is 2.26. The van der Waals surface area contributed by atoms with Gasteiger partial charge in [0, 0.05) is 6.54 Å². The maximum atomic E-state index is 13.4. The van der Waals surface area contributed by atoms with Crippen LogP contribution in [0.4, 0.5) is 9.18 Å². The molecule has 1 aliphatic rings. The molecule has 1 aromatic carbocycles. The minimum Gasteiger partial charge on any atom is -0.445 e. The Labute approximate surface area is 118 Å². The summed E-state index contributed by atoms with van der Waals surface area (Å²) in [6.45, 7) is 1.20. The third kappa shape index (κ3) is 5.04. The molecule has 0 unspecified atom stereocenters. The average Bonchev–Trinajstić information content (AvgIpc) is 2.40. The summed E-state index contributed by atoms with van der Waals surface area (Å²) in [5.41, 5.74) is 0.912. The third-order valence-electron chi connectivity index (χ3n) is 2.92. The Kier molecular flexibility index (Phi) is 6.59. The number of alkyl carbamates (subject to hydrolysis) is 1. The summed E-state index contributed by atoms with van der Waals surface area (Å²) < 4.78 is 18.5. The van der Waals surface area contributed by atoms with E-state index in [0.29, 0.717) is 13.0 Å². The number of ether oxygens (including phenoxy) is 1. The number of hydrogen-bond acceptors (Lipinski definition) is 3. The monoisotopic (exact) mass is 288 g/mol. The van der Waals surface area contributed by atoms with E-state index in [9.17, 15) is 9.18 Å². The normalized spacial score (nSPS) is 22.2. The lowest BCUT2D eigenvalue weighted by Crippen LogP contribution is -2.50. The van der Waals surface area contributed by atoms with Crippen molar-refractivity contribution >= 4 is 18.5 Å². The fourth-order valence-corrected chi connectivity index (χ4v) is 1.90. The SMILES string of the molecule is Cl.O=C(N[C@H]1CCNC[C@@H]1F)OCc1ccccc1. The molecule has 1 aliphatic heterocycles. The van der Waals surface area contributed by atoms with Crippen LogP contribution in [0.2, 0.25) is 0 Å². The van der Waals surface area contributed by atoms with E-state index >= 15 is 0 Å². The largest absolute Gasteiger partial charge is 0.445 e. The van der Waals surface area contributed by atoms with Crippen molar-refractivity contribution in [1.82, 2.24) is 10.6 Å². The van der Waals surface area contributed by atoms with Crippen molar-refractivity contribution in [1.29, 1.82) is 0 Å². The lowest BCUT2D eigenvalue weighted by molar-refractivity contribution is 0.122. The standard InChI is InChI=1S/C13H17FN2O2.ClH/c14-11-8-15-7-6-12(11)16-13(17)18-9-10-4-2-1-3-5-10;/h1-5,11-12,15H,6-9H2,(H,16,17);1H/t11-,12-;/m0./s1. The van der Waals surface area contributed by atoms with Gasteiger partial charge in [-0.3, -0.25) is 0 Å². The first-order chi connectivity index (χ1) is 8.75. The van der Waals surface area contributed by atoms with Gasteiger partial charge < -0.3 is 15.4 Å². The maximum absolute atomic E-state index is 13.4. The zero-order valence-electron chi connectivity index (χ0n) is 10.5. The van der Waals surface area contributed by atoms with Gasteiger partial charge in [0.2, 0.25) is 0 Å². The van der Waals surface area contributed by atoms with Crippen molar-refractivity contribution in [2.45, 2.75) is 25.2 Å². The summed E-state index contributed by atoms with van der Waals surface area (Å²) >= 11 is 0. The number of rotatable bonds is 3. The van der Waals surface area contributed by atoms with Crippen LogP contribution >= 0.6 is 12.4 Å². The van der Waals surface area contributed by atoms with Gasteiger partial charge in [0.15, 0.2) is 0 Å². The molecule has 6 heteroatoms. The van der Waals surface area contributed by atoms with Gasteiger partial charge in [-0.25, -0.2) is 9.18 Å². The van der Waals surface area contributed by atoms with E-state index in [2.05, 4.69) is 10.6 Å². The van der Waals surface area contributed by atoms with Gasteiger partial charge in [-0.05, 0) is 18.5 Å². The zero-order chi connectivity index (χ0) is 12.8. The Bertz CT molecular complexity index is 391. The number of benzene rings is 1. The van der Waals surface area contributed by atoms with Crippen molar-refractivity contribution in [2.24, 2.45) is 0 Å². The van der Waals surface area contributed by atoms with Gasteiger partial charge >= 0.3 is 6.09 Å². The molecule has 2 N–H and O–H groups in total. The van der Waals surface area contributed by atoms with Crippen molar-refractivity contribution < 1.29 is 13.9 Å². The molecule has 1 heterocycles. The van der Waals surface area contributed by atoms with Crippen LogP contribution in [-0.4, -0.2) is 31.4 Å². The Morgan fingerprint density at radius 2 is 2.16 bits per heavy atom. The Morgan fingerprint density at radius 1 is 1.42 bits per heavy atom. The first kappa shape index (κ1) is 15.7. The van der Waals surface area contributed by atoms with E-state index in [1.165, 1.54) is 0 Å². The van der Waals surface area contributed by atoms with Crippen LogP contribution < -0.4 is 10.6 Å². The fraction of sp³-hybridized carbons (Fsp3) is 0.462. The average molecular weight is 289 g/mol. The van der Waals surface area contributed by atoms with E-state index in [0.717, 1.165) is 5.56 Å². The number of hydrogen-bond donors (Lipinski definition) is 2. The highest BCUT2D eigenvalue weighted by molar-refractivity contribution is 5.85. The summed E-state index contributed by atoms with van der Waals surface area (Å²) in [6, 6.07) is 8.94. The Morgan fingerprint density at radius 3 is 2.84 bits per heavy atom. The predicted octanol–water partition coefficient (Wildman–Crippen LogP) is 2.03. The molecule has 1 saturated heterocycles. The van der Waals surface area contributed by atoms with Gasteiger partial charge in [-0.2, -0.15) is 0 Å². The van der Waals surface area contributed by atoms with Gasteiger partial charge in [-0.1, -0.05) is 30.3 Å². The second-order valence-electron chi connectivity index (χ2n) is 4.32. The molecule has 0 bridgehead atoms. The number of amides is 1. The van der Waals surface area contributed by atoms with Crippen LogP contribution in [0.15, 0.2) is 30.3 Å². The number of carbonyl (C=O) groups is 1. The van der Waals surface area contributed by atoms with Crippen LogP contribution in [0, 0.1) is 0 Å². The van der Waals surface area contributed by atoms with Gasteiger partial charge in [-0.15, -0.1) is 12.4 Å². The van der Waals surface area contributed by atoms with E-state index in [1.807, 2.05) is 30.3 Å². The summed E-state index contributed by atoms with van der Waals surface area (Å²) in [4.78, 5) is 11.5. The molecule has 0 spiro atoms. The van der Waals surface area contributed by atoms with Crippen molar-refractivity contribution in [3.63, 3.8) is 0 Å². The van der Waals surface area contributed by atoms with Gasteiger partial charge in [0.1, 0.15) is 12.8 Å².